The molecule has 0 unspecified atom stereocenters. The number of hydrogen-bond acceptors (Lipinski definition) is 2. The highest BCUT2D eigenvalue weighted by molar-refractivity contribution is 6.30. The van der Waals surface area contributed by atoms with Gasteiger partial charge in [-0.15, -0.1) is 12.4 Å². The van der Waals surface area contributed by atoms with Crippen LogP contribution in [0.15, 0.2) is 18.2 Å². The molecule has 2 rings (SSSR count). The molecule has 1 aromatic rings. The van der Waals surface area contributed by atoms with Gasteiger partial charge in [0.05, 0.1) is 0 Å². The summed E-state index contributed by atoms with van der Waals surface area (Å²) in [6.07, 6.45) is 0. The predicted octanol–water partition coefficient (Wildman–Crippen LogP) is 2.69. The number of benzene rings is 1. The van der Waals surface area contributed by atoms with Gasteiger partial charge in [-0.05, 0) is 25.1 Å². The average Bonchev–Trinajstić information content (AvgIpc) is 2.24. The van der Waals surface area contributed by atoms with Crippen LogP contribution in [0.5, 0.6) is 0 Å². The van der Waals surface area contributed by atoms with Crippen LogP contribution in [0, 0.1) is 5.82 Å². The molecule has 0 spiro atoms. The van der Waals surface area contributed by atoms with Crippen molar-refractivity contribution >= 4 is 24.0 Å². The van der Waals surface area contributed by atoms with Crippen molar-refractivity contribution in [2.45, 2.75) is 19.5 Å². The summed E-state index contributed by atoms with van der Waals surface area (Å²) in [4.78, 5) is 2.25. The molecule has 1 saturated heterocycles. The lowest BCUT2D eigenvalue weighted by atomic mass is 10.1. The second kappa shape index (κ2) is 6.55. The highest BCUT2D eigenvalue weighted by Gasteiger charge is 2.16. The molecule has 1 aliphatic rings. The van der Waals surface area contributed by atoms with Crippen molar-refractivity contribution in [2.75, 3.05) is 19.6 Å². The van der Waals surface area contributed by atoms with Gasteiger partial charge in [0.2, 0.25) is 0 Å². The van der Waals surface area contributed by atoms with Gasteiger partial charge in [-0.2, -0.15) is 0 Å². The molecule has 96 valence electrons. The Balaban J connectivity index is 0.00000144. The van der Waals surface area contributed by atoms with Gasteiger partial charge < -0.3 is 5.32 Å². The van der Waals surface area contributed by atoms with E-state index in [1.165, 1.54) is 6.07 Å². The monoisotopic (exact) mass is 278 g/mol. The Bertz CT molecular complexity index is 374. The summed E-state index contributed by atoms with van der Waals surface area (Å²) < 4.78 is 13.5. The van der Waals surface area contributed by atoms with Crippen molar-refractivity contribution in [1.82, 2.24) is 10.2 Å². The fourth-order valence-electron chi connectivity index (χ4n) is 2.06. The summed E-state index contributed by atoms with van der Waals surface area (Å²) in [7, 11) is 0. The molecule has 1 aliphatic heterocycles. The lowest BCUT2D eigenvalue weighted by Gasteiger charge is -2.31. The van der Waals surface area contributed by atoms with Crippen molar-refractivity contribution in [3.8, 4) is 0 Å². The van der Waals surface area contributed by atoms with Gasteiger partial charge in [0.1, 0.15) is 5.82 Å². The summed E-state index contributed by atoms with van der Waals surface area (Å²) in [5.41, 5.74) is 0.682. The predicted molar refractivity (Wildman–Crippen MR) is 71.4 cm³/mol. The maximum Gasteiger partial charge on any atom is 0.127 e. The highest BCUT2D eigenvalue weighted by Crippen LogP contribution is 2.17. The van der Waals surface area contributed by atoms with Crippen LogP contribution in [0.3, 0.4) is 0 Å². The average molecular weight is 279 g/mol. The first-order chi connectivity index (χ1) is 7.65. The molecule has 0 saturated carbocycles. The molecule has 0 aliphatic carbocycles. The van der Waals surface area contributed by atoms with E-state index in [0.29, 0.717) is 23.2 Å². The summed E-state index contributed by atoms with van der Waals surface area (Å²) >= 11 is 5.87. The van der Waals surface area contributed by atoms with E-state index in [4.69, 9.17) is 11.6 Å². The largest absolute Gasteiger partial charge is 0.312 e. The van der Waals surface area contributed by atoms with Gasteiger partial charge in [-0.3, -0.25) is 4.90 Å². The molecular weight excluding hydrogens is 262 g/mol. The zero-order valence-corrected chi connectivity index (χ0v) is 11.3. The van der Waals surface area contributed by atoms with E-state index in [1.807, 2.05) is 0 Å². The fourth-order valence-corrected chi connectivity index (χ4v) is 2.26. The van der Waals surface area contributed by atoms with E-state index in [9.17, 15) is 4.39 Å². The van der Waals surface area contributed by atoms with Gasteiger partial charge in [0, 0.05) is 42.8 Å². The van der Waals surface area contributed by atoms with E-state index < -0.39 is 0 Å². The quantitative estimate of drug-likeness (QED) is 0.895. The first-order valence-corrected chi connectivity index (χ1v) is 5.92. The molecule has 5 heteroatoms. The van der Waals surface area contributed by atoms with Gasteiger partial charge in [0.25, 0.3) is 0 Å². The molecule has 0 radical (unpaired) electrons. The standard InChI is InChI=1S/C12H16ClFN2.ClH/c1-9-7-16(5-4-15-9)8-10-6-11(13)2-3-12(10)14;/h2-3,6,9,15H,4-5,7-8H2,1H3;1H/t9-;/m0./s1. The summed E-state index contributed by atoms with van der Waals surface area (Å²) in [5, 5.41) is 3.96. The van der Waals surface area contributed by atoms with Crippen LogP contribution in [0.25, 0.3) is 0 Å². The molecule has 1 N–H and O–H groups in total. The minimum Gasteiger partial charge on any atom is -0.312 e. The molecule has 0 aromatic heterocycles. The zero-order valence-electron chi connectivity index (χ0n) is 9.75. The summed E-state index contributed by atoms with van der Waals surface area (Å²) in [5.74, 6) is -0.171. The Morgan fingerprint density at radius 1 is 1.53 bits per heavy atom. The van der Waals surface area contributed by atoms with Gasteiger partial charge >= 0.3 is 0 Å². The van der Waals surface area contributed by atoms with Gasteiger partial charge in [0.15, 0.2) is 0 Å². The van der Waals surface area contributed by atoms with Crippen LogP contribution in [0.2, 0.25) is 5.02 Å². The van der Waals surface area contributed by atoms with E-state index in [2.05, 4.69) is 17.1 Å². The second-order valence-electron chi connectivity index (χ2n) is 4.33. The molecule has 1 heterocycles. The third-order valence-electron chi connectivity index (χ3n) is 2.85. The van der Waals surface area contributed by atoms with Crippen LogP contribution in [0.4, 0.5) is 4.39 Å². The second-order valence-corrected chi connectivity index (χ2v) is 4.76. The topological polar surface area (TPSA) is 15.3 Å². The van der Waals surface area contributed by atoms with E-state index in [1.54, 1.807) is 12.1 Å². The Morgan fingerprint density at radius 3 is 3.00 bits per heavy atom. The zero-order chi connectivity index (χ0) is 11.5. The third-order valence-corrected chi connectivity index (χ3v) is 3.09. The molecule has 1 atom stereocenters. The number of halogens is 3. The molecule has 0 bridgehead atoms. The smallest absolute Gasteiger partial charge is 0.127 e. The summed E-state index contributed by atoms with van der Waals surface area (Å²) in [6, 6.07) is 5.20. The lowest BCUT2D eigenvalue weighted by Crippen LogP contribution is -2.48. The van der Waals surface area contributed by atoms with Crippen molar-refractivity contribution in [1.29, 1.82) is 0 Å². The molecular formula is C12H17Cl2FN2. The number of nitrogens with zero attached hydrogens (tertiary/aromatic N) is 1. The Labute approximate surface area is 113 Å². The number of nitrogens with one attached hydrogen (secondary N) is 1. The maximum absolute atomic E-state index is 13.5. The van der Waals surface area contributed by atoms with E-state index >= 15 is 0 Å². The maximum atomic E-state index is 13.5. The third kappa shape index (κ3) is 4.11. The highest BCUT2D eigenvalue weighted by atomic mass is 35.5. The Hall–Kier alpha value is -0.350. The van der Waals surface area contributed by atoms with Crippen molar-refractivity contribution in [3.63, 3.8) is 0 Å². The minimum absolute atomic E-state index is 0. The molecule has 17 heavy (non-hydrogen) atoms. The van der Waals surface area contributed by atoms with E-state index in [-0.39, 0.29) is 18.2 Å². The first kappa shape index (κ1) is 14.7. The number of rotatable bonds is 2. The normalized spacial score (nSPS) is 21.0. The van der Waals surface area contributed by atoms with Crippen LogP contribution in [0.1, 0.15) is 12.5 Å². The Morgan fingerprint density at radius 2 is 2.29 bits per heavy atom. The van der Waals surface area contributed by atoms with Crippen LogP contribution in [-0.2, 0) is 6.54 Å². The van der Waals surface area contributed by atoms with Crippen molar-refractivity contribution in [2.24, 2.45) is 0 Å². The minimum atomic E-state index is -0.171. The van der Waals surface area contributed by atoms with Gasteiger partial charge in [-0.1, -0.05) is 11.6 Å². The molecule has 1 aromatic carbocycles. The van der Waals surface area contributed by atoms with Crippen LogP contribution in [-0.4, -0.2) is 30.6 Å². The van der Waals surface area contributed by atoms with Crippen molar-refractivity contribution in [3.05, 3.63) is 34.6 Å². The Kier molecular flexibility index (Phi) is 5.67. The van der Waals surface area contributed by atoms with Crippen LogP contribution >= 0.6 is 24.0 Å². The number of piperazine rings is 1. The first-order valence-electron chi connectivity index (χ1n) is 5.55. The lowest BCUT2D eigenvalue weighted by molar-refractivity contribution is 0.197. The van der Waals surface area contributed by atoms with Crippen LogP contribution < -0.4 is 5.32 Å². The number of hydrogen-bond donors (Lipinski definition) is 1. The SMILES string of the molecule is C[C@H]1CN(Cc2cc(Cl)ccc2F)CCN1.Cl. The fraction of sp³-hybridized carbons (Fsp3) is 0.500. The summed E-state index contributed by atoms with van der Waals surface area (Å²) in [6.45, 7) is 5.64. The van der Waals surface area contributed by atoms with Crippen molar-refractivity contribution < 1.29 is 4.39 Å². The van der Waals surface area contributed by atoms with E-state index in [0.717, 1.165) is 19.6 Å². The molecule has 0 amide bonds. The van der Waals surface area contributed by atoms with Gasteiger partial charge in [-0.25, -0.2) is 4.39 Å². The molecule has 1 fully saturated rings. The molecule has 2 nitrogen and oxygen atoms in total.